The fraction of sp³-hybridized carbons (Fsp3) is 0.579. The van der Waals surface area contributed by atoms with Crippen molar-refractivity contribution in [2.75, 3.05) is 39.8 Å². The molecule has 1 saturated heterocycles. The number of nitrogens with zero attached hydrogens (tertiary/aromatic N) is 3. The van der Waals surface area contributed by atoms with Crippen LogP contribution in [0, 0.1) is 0 Å². The van der Waals surface area contributed by atoms with Crippen LogP contribution in [0.3, 0.4) is 0 Å². The van der Waals surface area contributed by atoms with Gasteiger partial charge in [0.2, 0.25) is 0 Å². The molecular weight excluding hydrogens is 459 g/mol. The van der Waals surface area contributed by atoms with E-state index in [-0.39, 0.29) is 30.1 Å². The number of carbonyl (C=O) groups excluding carboxylic acids is 1. The van der Waals surface area contributed by atoms with Crippen molar-refractivity contribution in [2.24, 2.45) is 10.7 Å². The second kappa shape index (κ2) is 10.6. The van der Waals surface area contributed by atoms with Crippen LogP contribution in [0.5, 0.6) is 5.75 Å². The summed E-state index contributed by atoms with van der Waals surface area (Å²) in [6, 6.07) is 7.95. The van der Waals surface area contributed by atoms with E-state index in [4.69, 9.17) is 15.2 Å². The normalized spacial score (nSPS) is 15.2. The quantitative estimate of drug-likeness (QED) is 0.399. The molecule has 152 valence electrons. The molecule has 0 aliphatic carbocycles. The van der Waals surface area contributed by atoms with Crippen LogP contribution in [-0.4, -0.2) is 67.3 Å². The highest BCUT2D eigenvalue weighted by atomic mass is 127. The minimum Gasteiger partial charge on any atom is -0.497 e. The highest BCUT2D eigenvalue weighted by Gasteiger charge is 2.26. The number of methoxy groups -OCH3 is 1. The molecule has 2 rings (SSSR count). The molecule has 1 aliphatic heterocycles. The Bertz CT molecular complexity index is 621. The molecule has 1 aromatic rings. The molecule has 1 aromatic carbocycles. The van der Waals surface area contributed by atoms with E-state index >= 15 is 0 Å². The van der Waals surface area contributed by atoms with Crippen molar-refractivity contribution < 1.29 is 14.3 Å². The van der Waals surface area contributed by atoms with E-state index in [0.717, 1.165) is 12.2 Å². The number of piperazine rings is 1. The van der Waals surface area contributed by atoms with Gasteiger partial charge in [-0.1, -0.05) is 12.1 Å². The fourth-order valence-corrected chi connectivity index (χ4v) is 2.64. The monoisotopic (exact) mass is 490 g/mol. The lowest BCUT2D eigenvalue weighted by atomic mass is 10.1. The summed E-state index contributed by atoms with van der Waals surface area (Å²) in [5.41, 5.74) is 6.82. The van der Waals surface area contributed by atoms with Gasteiger partial charge in [-0.25, -0.2) is 4.79 Å². The Morgan fingerprint density at radius 1 is 1.11 bits per heavy atom. The number of nitrogens with two attached hydrogens (primary N) is 1. The summed E-state index contributed by atoms with van der Waals surface area (Å²) in [7, 11) is 1.66. The van der Waals surface area contributed by atoms with Crippen molar-refractivity contribution in [1.29, 1.82) is 0 Å². The van der Waals surface area contributed by atoms with Crippen LogP contribution in [0.2, 0.25) is 0 Å². The Kier molecular flexibility index (Phi) is 9.14. The molecule has 0 spiro atoms. The Labute approximate surface area is 178 Å². The summed E-state index contributed by atoms with van der Waals surface area (Å²) >= 11 is 0. The smallest absolute Gasteiger partial charge is 0.410 e. The minimum absolute atomic E-state index is 0. The largest absolute Gasteiger partial charge is 0.497 e. The number of benzene rings is 1. The first kappa shape index (κ1) is 23.3. The van der Waals surface area contributed by atoms with E-state index < -0.39 is 5.60 Å². The zero-order valence-corrected chi connectivity index (χ0v) is 18.9. The molecule has 0 bridgehead atoms. The Morgan fingerprint density at radius 3 is 2.19 bits per heavy atom. The zero-order chi connectivity index (χ0) is 19.2. The maximum absolute atomic E-state index is 12.1. The van der Waals surface area contributed by atoms with Crippen molar-refractivity contribution in [3.05, 3.63) is 29.8 Å². The van der Waals surface area contributed by atoms with Crippen LogP contribution in [0.25, 0.3) is 0 Å². The van der Waals surface area contributed by atoms with Crippen molar-refractivity contribution in [2.45, 2.75) is 32.8 Å². The van der Waals surface area contributed by atoms with Gasteiger partial charge in [-0.3, -0.25) is 4.99 Å². The summed E-state index contributed by atoms with van der Waals surface area (Å²) in [6.07, 6.45) is 0.551. The van der Waals surface area contributed by atoms with E-state index in [9.17, 15) is 4.79 Å². The van der Waals surface area contributed by atoms with Gasteiger partial charge in [0, 0.05) is 32.7 Å². The molecule has 1 aliphatic rings. The third kappa shape index (κ3) is 7.82. The lowest BCUT2D eigenvalue weighted by molar-refractivity contribution is 0.0186. The Balaban J connectivity index is 0.00000364. The molecular formula is C19H31IN4O3. The van der Waals surface area contributed by atoms with E-state index in [1.54, 1.807) is 12.0 Å². The number of hydrogen-bond acceptors (Lipinski definition) is 4. The van der Waals surface area contributed by atoms with E-state index in [2.05, 4.69) is 4.99 Å². The van der Waals surface area contributed by atoms with Crippen LogP contribution in [0.15, 0.2) is 29.3 Å². The molecule has 1 fully saturated rings. The molecule has 1 heterocycles. The van der Waals surface area contributed by atoms with Gasteiger partial charge in [0.05, 0.1) is 7.11 Å². The molecule has 1 amide bonds. The van der Waals surface area contributed by atoms with Crippen molar-refractivity contribution in [1.82, 2.24) is 9.80 Å². The summed E-state index contributed by atoms with van der Waals surface area (Å²) in [6.45, 7) is 8.74. The zero-order valence-electron chi connectivity index (χ0n) is 16.6. The first-order valence-corrected chi connectivity index (χ1v) is 8.94. The van der Waals surface area contributed by atoms with Gasteiger partial charge in [-0.05, 0) is 44.9 Å². The highest BCUT2D eigenvalue weighted by Crippen LogP contribution is 2.13. The average Bonchev–Trinajstić information content (AvgIpc) is 2.61. The second-order valence-electron chi connectivity index (χ2n) is 7.29. The minimum atomic E-state index is -0.476. The SMILES string of the molecule is COc1ccc(CCN=C(N)N2CCN(C(=O)OC(C)(C)C)CC2)cc1.I. The van der Waals surface area contributed by atoms with Gasteiger partial charge in [0.1, 0.15) is 11.4 Å². The maximum atomic E-state index is 12.1. The lowest BCUT2D eigenvalue weighted by Crippen LogP contribution is -2.53. The molecule has 0 unspecified atom stereocenters. The molecule has 7 nitrogen and oxygen atoms in total. The molecule has 0 radical (unpaired) electrons. The van der Waals surface area contributed by atoms with Crippen molar-refractivity contribution >= 4 is 36.0 Å². The first-order valence-electron chi connectivity index (χ1n) is 8.94. The number of rotatable bonds is 4. The number of hydrogen-bond donors (Lipinski definition) is 1. The van der Waals surface area contributed by atoms with Crippen LogP contribution in [0.1, 0.15) is 26.3 Å². The van der Waals surface area contributed by atoms with E-state index in [1.807, 2.05) is 49.9 Å². The van der Waals surface area contributed by atoms with Gasteiger partial charge in [0.25, 0.3) is 0 Å². The summed E-state index contributed by atoms with van der Waals surface area (Å²) < 4.78 is 10.6. The van der Waals surface area contributed by atoms with Gasteiger partial charge in [-0.15, -0.1) is 24.0 Å². The molecule has 27 heavy (non-hydrogen) atoms. The number of halogens is 1. The fourth-order valence-electron chi connectivity index (χ4n) is 2.64. The maximum Gasteiger partial charge on any atom is 0.410 e. The van der Waals surface area contributed by atoms with Crippen LogP contribution in [-0.2, 0) is 11.2 Å². The van der Waals surface area contributed by atoms with Gasteiger partial charge in [0.15, 0.2) is 5.96 Å². The van der Waals surface area contributed by atoms with E-state index in [0.29, 0.717) is 38.7 Å². The summed E-state index contributed by atoms with van der Waals surface area (Å²) in [4.78, 5) is 20.3. The second-order valence-corrected chi connectivity index (χ2v) is 7.29. The third-order valence-electron chi connectivity index (χ3n) is 4.09. The Hall–Kier alpha value is -1.71. The van der Waals surface area contributed by atoms with Crippen molar-refractivity contribution in [3.63, 3.8) is 0 Å². The van der Waals surface area contributed by atoms with Gasteiger partial charge in [-0.2, -0.15) is 0 Å². The predicted molar refractivity (Wildman–Crippen MR) is 118 cm³/mol. The third-order valence-corrected chi connectivity index (χ3v) is 4.09. The van der Waals surface area contributed by atoms with Gasteiger partial charge >= 0.3 is 6.09 Å². The Morgan fingerprint density at radius 2 is 1.67 bits per heavy atom. The standard InChI is InChI=1S/C19H30N4O3.HI/c1-19(2,3)26-18(24)23-13-11-22(12-14-23)17(20)21-10-9-15-5-7-16(25-4)8-6-15;/h5-8H,9-14H2,1-4H3,(H2,20,21);1H. The van der Waals surface area contributed by atoms with Crippen LogP contribution in [0.4, 0.5) is 4.79 Å². The van der Waals surface area contributed by atoms with Crippen LogP contribution < -0.4 is 10.5 Å². The molecule has 8 heteroatoms. The number of amides is 1. The summed E-state index contributed by atoms with van der Waals surface area (Å²) in [5, 5.41) is 0. The number of guanidine groups is 1. The predicted octanol–water partition coefficient (Wildman–Crippen LogP) is 2.72. The topological polar surface area (TPSA) is 80.4 Å². The summed E-state index contributed by atoms with van der Waals surface area (Å²) in [5.74, 6) is 1.38. The lowest BCUT2D eigenvalue weighted by Gasteiger charge is -2.36. The molecule has 0 aromatic heterocycles. The molecule has 0 atom stereocenters. The molecule has 0 saturated carbocycles. The molecule has 2 N–H and O–H groups in total. The van der Waals surface area contributed by atoms with E-state index in [1.165, 1.54) is 5.56 Å². The average molecular weight is 490 g/mol. The number of carbonyl (C=O) groups is 1. The van der Waals surface area contributed by atoms with Crippen molar-refractivity contribution in [3.8, 4) is 5.75 Å². The first-order chi connectivity index (χ1) is 12.3. The van der Waals surface area contributed by atoms with Crippen LogP contribution >= 0.6 is 24.0 Å². The number of aliphatic imine (C=N–C) groups is 1. The highest BCUT2D eigenvalue weighted by molar-refractivity contribution is 14.0. The number of ether oxygens (including phenoxy) is 2. The van der Waals surface area contributed by atoms with Gasteiger partial charge < -0.3 is 25.0 Å².